The van der Waals surface area contributed by atoms with Crippen LogP contribution in [0.4, 0.5) is 0 Å². The second kappa shape index (κ2) is 11.8. The zero-order valence-electron chi connectivity index (χ0n) is 16.7. The monoisotopic (exact) mass is 516 g/mol. The molecular formula is C22H37BrOSn. The van der Waals surface area contributed by atoms with Crippen molar-refractivity contribution in [1.29, 1.82) is 0 Å². The summed E-state index contributed by atoms with van der Waals surface area (Å²) in [5.41, 5.74) is 0.120. The molecule has 1 aromatic carbocycles. The molecule has 25 heavy (non-hydrogen) atoms. The summed E-state index contributed by atoms with van der Waals surface area (Å²) in [4.78, 5) is 0. The van der Waals surface area contributed by atoms with E-state index >= 15 is 0 Å². The van der Waals surface area contributed by atoms with Crippen LogP contribution in [0.2, 0.25) is 8.87 Å². The van der Waals surface area contributed by atoms with E-state index in [2.05, 4.69) is 39.6 Å². The van der Waals surface area contributed by atoms with Crippen LogP contribution in [0.1, 0.15) is 78.2 Å². The van der Waals surface area contributed by atoms with E-state index in [4.69, 9.17) is 0 Å². The van der Waals surface area contributed by atoms with Crippen molar-refractivity contribution in [2.75, 3.05) is 0 Å². The normalized spacial score (nSPS) is 15.2. The molecule has 3 heteroatoms. The average Bonchev–Trinajstić information content (AvgIpc) is 2.62. The average molecular weight is 516 g/mol. The Bertz CT molecular complexity index is 502. The van der Waals surface area contributed by atoms with Crippen LogP contribution < -0.4 is 0 Å². The SMILES string of the molecule is CCCC/[C](=C/C(C)(O)c1ccccc1)[Sn]([Br])([CH2]CCC)[CH2]CCC. The Hall–Kier alpha value is 0.199. The molecule has 0 aliphatic heterocycles. The van der Waals surface area contributed by atoms with E-state index in [9.17, 15) is 5.11 Å². The van der Waals surface area contributed by atoms with Crippen LogP contribution in [0.5, 0.6) is 0 Å². The minimum absolute atomic E-state index is 0.876. The van der Waals surface area contributed by atoms with Gasteiger partial charge in [0.15, 0.2) is 0 Å². The number of unbranched alkanes of at least 4 members (excludes halogenated alkanes) is 3. The van der Waals surface area contributed by atoms with Gasteiger partial charge in [-0.05, 0) is 0 Å². The van der Waals surface area contributed by atoms with Crippen molar-refractivity contribution in [3.05, 3.63) is 45.6 Å². The van der Waals surface area contributed by atoms with Crippen molar-refractivity contribution in [3.63, 3.8) is 0 Å². The molecular weight excluding hydrogens is 479 g/mol. The first-order valence-electron chi connectivity index (χ1n) is 10.1. The number of halogens is 1. The van der Waals surface area contributed by atoms with Gasteiger partial charge >= 0.3 is 167 Å². The molecule has 0 aromatic heterocycles. The number of rotatable bonds is 12. The van der Waals surface area contributed by atoms with Crippen molar-refractivity contribution >= 4 is 28.9 Å². The van der Waals surface area contributed by atoms with Crippen molar-refractivity contribution in [1.82, 2.24) is 0 Å². The summed E-state index contributed by atoms with van der Waals surface area (Å²) >= 11 is 1.78. The van der Waals surface area contributed by atoms with Crippen LogP contribution >= 0.6 is 12.7 Å². The van der Waals surface area contributed by atoms with Gasteiger partial charge in [-0.1, -0.05) is 0 Å². The maximum absolute atomic E-state index is 11.2. The second-order valence-electron chi connectivity index (χ2n) is 7.46. The zero-order valence-corrected chi connectivity index (χ0v) is 21.1. The van der Waals surface area contributed by atoms with Crippen molar-refractivity contribution < 1.29 is 5.11 Å². The quantitative estimate of drug-likeness (QED) is 0.286. The minimum atomic E-state index is -2.56. The number of hydrogen-bond acceptors (Lipinski definition) is 1. The molecule has 0 saturated carbocycles. The van der Waals surface area contributed by atoms with Gasteiger partial charge in [0.25, 0.3) is 0 Å². The summed E-state index contributed by atoms with van der Waals surface area (Å²) < 4.78 is 4.30. The molecule has 1 rings (SSSR count). The fourth-order valence-electron chi connectivity index (χ4n) is 3.35. The molecule has 1 atom stereocenters. The summed E-state index contributed by atoms with van der Waals surface area (Å²) in [7, 11) is 0. The Balaban J connectivity index is 3.21. The van der Waals surface area contributed by atoms with E-state index in [1.54, 1.807) is 3.59 Å². The van der Waals surface area contributed by atoms with E-state index in [1.165, 1.54) is 47.4 Å². The van der Waals surface area contributed by atoms with Gasteiger partial charge in [-0.15, -0.1) is 0 Å². The fourth-order valence-corrected chi connectivity index (χ4v) is 20.3. The van der Waals surface area contributed by atoms with Gasteiger partial charge in [-0.25, -0.2) is 0 Å². The van der Waals surface area contributed by atoms with Crippen LogP contribution in [0.15, 0.2) is 40.0 Å². The molecule has 142 valence electrons. The molecule has 0 amide bonds. The van der Waals surface area contributed by atoms with Gasteiger partial charge in [0, 0.05) is 0 Å². The van der Waals surface area contributed by atoms with Crippen LogP contribution in [0.3, 0.4) is 0 Å². The molecule has 0 spiro atoms. The van der Waals surface area contributed by atoms with Crippen LogP contribution in [0, 0.1) is 0 Å². The van der Waals surface area contributed by atoms with Crippen LogP contribution in [0.25, 0.3) is 0 Å². The molecule has 0 fully saturated rings. The predicted molar refractivity (Wildman–Crippen MR) is 118 cm³/mol. The Morgan fingerprint density at radius 3 is 2.00 bits per heavy atom. The fraction of sp³-hybridized carbons (Fsp3) is 0.636. The summed E-state index contributed by atoms with van der Waals surface area (Å²) in [6.45, 7) is 8.78. The number of aliphatic hydroxyl groups is 1. The molecule has 0 aliphatic carbocycles. The molecule has 0 heterocycles. The molecule has 0 bridgehead atoms. The first kappa shape index (κ1) is 23.2. The molecule has 1 unspecified atom stereocenters. The van der Waals surface area contributed by atoms with Crippen molar-refractivity contribution in [2.24, 2.45) is 0 Å². The summed E-state index contributed by atoms with van der Waals surface area (Å²) in [5, 5.41) is 11.2. The third kappa shape index (κ3) is 7.76. The van der Waals surface area contributed by atoms with Gasteiger partial charge in [-0.3, -0.25) is 0 Å². The van der Waals surface area contributed by atoms with Gasteiger partial charge in [0.2, 0.25) is 0 Å². The van der Waals surface area contributed by atoms with E-state index < -0.39 is 21.8 Å². The standard InChI is InChI=1S/C14H19O.2C4H9.BrH.Sn/c1-3-4-5-9-12-14(2,15)13-10-7-6-8-11-13;2*1-3-4-2;;/h6-8,10-12,15H,3-5H2,1-2H3;2*1,3-4H2,2H3;1H;/q;;;;+1/p-1. The van der Waals surface area contributed by atoms with Crippen molar-refractivity contribution in [2.45, 2.75) is 87.1 Å². The molecule has 1 nitrogen and oxygen atoms in total. The van der Waals surface area contributed by atoms with Gasteiger partial charge in [0.05, 0.1) is 0 Å². The topological polar surface area (TPSA) is 20.2 Å². The number of hydrogen-bond donors (Lipinski definition) is 1. The molecule has 1 N–H and O–H groups in total. The van der Waals surface area contributed by atoms with E-state index in [1.807, 2.05) is 37.3 Å². The van der Waals surface area contributed by atoms with E-state index in [-0.39, 0.29) is 0 Å². The van der Waals surface area contributed by atoms with Gasteiger partial charge in [-0.2, -0.15) is 0 Å². The number of benzene rings is 1. The van der Waals surface area contributed by atoms with Crippen molar-refractivity contribution in [3.8, 4) is 0 Å². The van der Waals surface area contributed by atoms with Crippen LogP contribution in [-0.2, 0) is 5.60 Å². The third-order valence-electron chi connectivity index (χ3n) is 5.04. The summed E-state index contributed by atoms with van der Waals surface area (Å²) in [6.07, 6.45) is 10.9. The van der Waals surface area contributed by atoms with Gasteiger partial charge in [0.1, 0.15) is 0 Å². The van der Waals surface area contributed by atoms with E-state index in [0.29, 0.717) is 0 Å². The molecule has 1 aromatic rings. The molecule has 0 aliphatic rings. The Morgan fingerprint density at radius 1 is 1.00 bits per heavy atom. The third-order valence-corrected chi connectivity index (χ3v) is 24.7. The summed E-state index contributed by atoms with van der Waals surface area (Å²) in [6, 6.07) is 10.1. The second-order valence-corrected chi connectivity index (χ2v) is 27.8. The Labute approximate surface area is 165 Å². The molecule has 0 saturated heterocycles. The van der Waals surface area contributed by atoms with Gasteiger partial charge < -0.3 is 0 Å². The molecule has 0 radical (unpaired) electrons. The Morgan fingerprint density at radius 2 is 1.52 bits per heavy atom. The summed E-state index contributed by atoms with van der Waals surface area (Å²) in [5.74, 6) is 0. The zero-order chi connectivity index (χ0) is 18.8. The first-order chi connectivity index (χ1) is 11.9. The Kier molecular flexibility index (Phi) is 11.0. The van der Waals surface area contributed by atoms with Crippen LogP contribution in [-0.4, -0.2) is 21.3 Å². The number of allylic oxidation sites excluding steroid dienone is 1. The first-order valence-corrected chi connectivity index (χ1v) is 21.9. The predicted octanol–water partition coefficient (Wildman–Crippen LogP) is 7.49. The van der Waals surface area contributed by atoms with E-state index in [0.717, 1.165) is 12.0 Å². The maximum atomic E-state index is 11.2.